The fraction of sp³-hybridized carbons (Fsp3) is 0.533. The molecule has 0 unspecified atom stereocenters. The molecule has 0 radical (unpaired) electrons. The van der Waals surface area contributed by atoms with Crippen molar-refractivity contribution in [2.45, 2.75) is 45.6 Å². The van der Waals surface area contributed by atoms with E-state index >= 15 is 0 Å². The standard InChI is InChI=1S/C15H20F2O2/c1-4-15(5-2,19-6-3)14(18)9-11-7-12(16)10-13(17)8-11/h7-8,10H,4-6,9H2,1-3H3. The summed E-state index contributed by atoms with van der Waals surface area (Å²) in [5.41, 5.74) is -0.508. The number of rotatable bonds is 7. The quantitative estimate of drug-likeness (QED) is 0.755. The molecule has 2 nitrogen and oxygen atoms in total. The highest BCUT2D eigenvalue weighted by Crippen LogP contribution is 2.24. The predicted octanol–water partition coefficient (Wildman–Crippen LogP) is 3.67. The Hall–Kier alpha value is -1.29. The van der Waals surface area contributed by atoms with Gasteiger partial charge in [0, 0.05) is 19.1 Å². The van der Waals surface area contributed by atoms with Gasteiger partial charge in [-0.3, -0.25) is 4.79 Å². The lowest BCUT2D eigenvalue weighted by atomic mass is 9.88. The van der Waals surface area contributed by atoms with Crippen molar-refractivity contribution in [2.24, 2.45) is 0 Å². The van der Waals surface area contributed by atoms with Gasteiger partial charge in [0.05, 0.1) is 0 Å². The van der Waals surface area contributed by atoms with Crippen LogP contribution in [0.3, 0.4) is 0 Å². The fourth-order valence-corrected chi connectivity index (χ4v) is 2.26. The van der Waals surface area contributed by atoms with Crippen molar-refractivity contribution in [3.05, 3.63) is 35.4 Å². The smallest absolute Gasteiger partial charge is 0.168 e. The summed E-state index contributed by atoms with van der Waals surface area (Å²) < 4.78 is 31.8. The van der Waals surface area contributed by atoms with Crippen molar-refractivity contribution >= 4 is 5.78 Å². The van der Waals surface area contributed by atoms with Crippen molar-refractivity contribution in [2.75, 3.05) is 6.61 Å². The average molecular weight is 270 g/mol. The van der Waals surface area contributed by atoms with Crippen molar-refractivity contribution < 1.29 is 18.3 Å². The lowest BCUT2D eigenvalue weighted by molar-refractivity contribution is -0.144. The molecule has 0 aromatic heterocycles. The number of ether oxygens (including phenoxy) is 1. The molecule has 0 N–H and O–H groups in total. The minimum absolute atomic E-state index is 0.0175. The first-order valence-corrected chi connectivity index (χ1v) is 6.59. The summed E-state index contributed by atoms with van der Waals surface area (Å²) in [6.45, 7) is 6.02. The lowest BCUT2D eigenvalue weighted by Crippen LogP contribution is -2.41. The van der Waals surface area contributed by atoms with Crippen LogP contribution < -0.4 is 0 Å². The Kier molecular flexibility index (Phi) is 5.60. The van der Waals surface area contributed by atoms with Gasteiger partial charge in [0.1, 0.15) is 17.2 Å². The number of carbonyl (C=O) groups is 1. The molecule has 0 fully saturated rings. The zero-order valence-electron chi connectivity index (χ0n) is 11.6. The van der Waals surface area contributed by atoms with Crippen molar-refractivity contribution in [3.63, 3.8) is 0 Å². The molecule has 0 aliphatic rings. The second kappa shape index (κ2) is 6.75. The van der Waals surface area contributed by atoms with Crippen LogP contribution in [0.1, 0.15) is 39.2 Å². The van der Waals surface area contributed by atoms with Gasteiger partial charge in [0.2, 0.25) is 0 Å². The highest BCUT2D eigenvalue weighted by molar-refractivity contribution is 5.89. The van der Waals surface area contributed by atoms with E-state index in [2.05, 4.69) is 0 Å². The molecule has 0 spiro atoms. The maximum absolute atomic E-state index is 13.1. The SMILES string of the molecule is CCOC(CC)(CC)C(=O)Cc1cc(F)cc(F)c1. The molecule has 0 amide bonds. The Balaban J connectivity index is 2.93. The molecule has 4 heteroatoms. The van der Waals surface area contributed by atoms with Gasteiger partial charge in [-0.2, -0.15) is 0 Å². The van der Waals surface area contributed by atoms with Gasteiger partial charge >= 0.3 is 0 Å². The molecule has 19 heavy (non-hydrogen) atoms. The van der Waals surface area contributed by atoms with E-state index in [-0.39, 0.29) is 12.2 Å². The molecule has 0 aliphatic heterocycles. The topological polar surface area (TPSA) is 26.3 Å². The normalized spacial score (nSPS) is 11.6. The number of Topliss-reactive ketones (excluding diaryl/α,β-unsaturated/α-hetero) is 1. The number of carbonyl (C=O) groups excluding carboxylic acids is 1. The van der Waals surface area contributed by atoms with Gasteiger partial charge in [0.25, 0.3) is 0 Å². The van der Waals surface area contributed by atoms with Crippen LogP contribution in [-0.4, -0.2) is 18.0 Å². The van der Waals surface area contributed by atoms with Crippen LogP contribution >= 0.6 is 0 Å². The molecule has 0 aliphatic carbocycles. The van der Waals surface area contributed by atoms with Crippen LogP contribution in [0.25, 0.3) is 0 Å². The monoisotopic (exact) mass is 270 g/mol. The van der Waals surface area contributed by atoms with Crippen LogP contribution in [0.2, 0.25) is 0 Å². The Morgan fingerprint density at radius 1 is 1.11 bits per heavy atom. The van der Waals surface area contributed by atoms with Gasteiger partial charge in [-0.25, -0.2) is 8.78 Å². The second-order valence-electron chi connectivity index (χ2n) is 4.51. The van der Waals surface area contributed by atoms with Gasteiger partial charge < -0.3 is 4.74 Å². The van der Waals surface area contributed by atoms with E-state index in [9.17, 15) is 13.6 Å². The van der Waals surface area contributed by atoms with Crippen molar-refractivity contribution in [1.82, 2.24) is 0 Å². The summed E-state index contributed by atoms with van der Waals surface area (Å²) >= 11 is 0. The number of benzene rings is 1. The predicted molar refractivity (Wildman–Crippen MR) is 70.0 cm³/mol. The third-order valence-corrected chi connectivity index (χ3v) is 3.36. The first-order valence-electron chi connectivity index (χ1n) is 6.59. The Labute approximate surface area is 112 Å². The summed E-state index contributed by atoms with van der Waals surface area (Å²) in [4.78, 5) is 12.3. The van der Waals surface area contributed by atoms with Crippen LogP contribution in [0.4, 0.5) is 8.78 Å². The van der Waals surface area contributed by atoms with Gasteiger partial charge in [0.15, 0.2) is 5.78 Å². The molecule has 0 heterocycles. The summed E-state index contributed by atoms with van der Waals surface area (Å²) in [6, 6.07) is 3.16. The summed E-state index contributed by atoms with van der Waals surface area (Å²) in [7, 11) is 0. The van der Waals surface area contributed by atoms with Crippen molar-refractivity contribution in [1.29, 1.82) is 0 Å². The number of hydrogen-bond acceptors (Lipinski definition) is 2. The van der Waals surface area contributed by atoms with Crippen LogP contribution in [0.15, 0.2) is 18.2 Å². The summed E-state index contributed by atoms with van der Waals surface area (Å²) in [5, 5.41) is 0. The molecule has 106 valence electrons. The molecule has 1 aromatic carbocycles. The van der Waals surface area contributed by atoms with E-state index in [0.717, 1.165) is 6.07 Å². The first kappa shape index (κ1) is 15.8. The molecule has 0 atom stereocenters. The van der Waals surface area contributed by atoms with E-state index in [0.29, 0.717) is 25.0 Å². The zero-order valence-corrected chi connectivity index (χ0v) is 11.6. The van der Waals surface area contributed by atoms with E-state index in [1.54, 1.807) is 0 Å². The summed E-state index contributed by atoms with van der Waals surface area (Å²) in [5.74, 6) is -1.47. The van der Waals surface area contributed by atoms with Crippen molar-refractivity contribution in [3.8, 4) is 0 Å². The third kappa shape index (κ3) is 3.83. The minimum atomic E-state index is -0.850. The molecule has 0 saturated heterocycles. The molecule has 1 rings (SSSR count). The van der Waals surface area contributed by atoms with E-state index in [1.165, 1.54) is 12.1 Å². The largest absolute Gasteiger partial charge is 0.368 e. The van der Waals surface area contributed by atoms with Gasteiger partial charge in [-0.15, -0.1) is 0 Å². The third-order valence-electron chi connectivity index (χ3n) is 3.36. The van der Waals surface area contributed by atoms with Crippen LogP contribution in [0, 0.1) is 11.6 Å². The molecule has 0 bridgehead atoms. The van der Waals surface area contributed by atoms with Gasteiger partial charge in [-0.1, -0.05) is 13.8 Å². The average Bonchev–Trinajstić information content (AvgIpc) is 2.34. The molecule has 1 aromatic rings. The first-order chi connectivity index (χ1) is 8.97. The van der Waals surface area contributed by atoms with Crippen LogP contribution in [-0.2, 0) is 16.0 Å². The number of halogens is 2. The fourth-order valence-electron chi connectivity index (χ4n) is 2.26. The second-order valence-corrected chi connectivity index (χ2v) is 4.51. The van der Waals surface area contributed by atoms with E-state index in [1.807, 2.05) is 20.8 Å². The number of hydrogen-bond donors (Lipinski definition) is 0. The number of ketones is 1. The van der Waals surface area contributed by atoms with Crippen LogP contribution in [0.5, 0.6) is 0 Å². The minimum Gasteiger partial charge on any atom is -0.368 e. The molecular weight excluding hydrogens is 250 g/mol. The maximum atomic E-state index is 13.1. The molecular formula is C15H20F2O2. The Morgan fingerprint density at radius 3 is 2.05 bits per heavy atom. The lowest BCUT2D eigenvalue weighted by Gasteiger charge is -2.30. The Bertz CT molecular complexity index is 420. The maximum Gasteiger partial charge on any atom is 0.168 e. The van der Waals surface area contributed by atoms with E-state index < -0.39 is 17.2 Å². The highest BCUT2D eigenvalue weighted by atomic mass is 19.1. The Morgan fingerprint density at radius 2 is 1.63 bits per heavy atom. The summed E-state index contributed by atoms with van der Waals surface area (Å²) in [6.07, 6.45) is 1.08. The highest BCUT2D eigenvalue weighted by Gasteiger charge is 2.34. The van der Waals surface area contributed by atoms with Gasteiger partial charge in [-0.05, 0) is 37.5 Å². The zero-order chi connectivity index (χ0) is 14.5. The van der Waals surface area contributed by atoms with E-state index in [4.69, 9.17) is 4.74 Å². The molecule has 0 saturated carbocycles.